The van der Waals surface area contributed by atoms with Crippen LogP contribution in [-0.4, -0.2) is 42.1 Å². The number of aromatic nitrogens is 5. The maximum absolute atomic E-state index is 6.41. The lowest BCUT2D eigenvalue weighted by atomic mass is 9.98. The Bertz CT molecular complexity index is 1310. The van der Waals surface area contributed by atoms with Gasteiger partial charge < -0.3 is 18.6 Å². The Kier molecular flexibility index (Phi) is 4.58. The fraction of sp³-hybridized carbons (Fsp3) is 0.458. The summed E-state index contributed by atoms with van der Waals surface area (Å²) in [6, 6.07) is 8.44. The van der Waals surface area contributed by atoms with E-state index in [9.17, 15) is 0 Å². The van der Waals surface area contributed by atoms with Crippen molar-refractivity contribution in [2.45, 2.75) is 57.1 Å². The highest BCUT2D eigenvalue weighted by Crippen LogP contribution is 2.49. The van der Waals surface area contributed by atoms with E-state index in [1.807, 2.05) is 32.2 Å². The van der Waals surface area contributed by atoms with E-state index < -0.39 is 5.79 Å². The molecule has 1 saturated heterocycles. The molecule has 0 N–H and O–H groups in total. The third kappa shape index (κ3) is 3.14. The normalized spacial score (nSPS) is 26.9. The molecule has 0 unspecified atom stereocenters. The molecule has 4 aromatic rings. The SMILES string of the molecule is Cn1c(CC[C@H]2C[C@@H](n3ccc4c(Cl)ncnc43)[C@@H]3OC(C)(C)O[C@H]23)cc2ncccc21. The van der Waals surface area contributed by atoms with Crippen molar-refractivity contribution in [3.05, 3.63) is 53.8 Å². The summed E-state index contributed by atoms with van der Waals surface area (Å²) in [5, 5.41) is 1.35. The Labute approximate surface area is 191 Å². The van der Waals surface area contributed by atoms with Crippen molar-refractivity contribution in [2.75, 3.05) is 0 Å². The fourth-order valence-corrected chi connectivity index (χ4v) is 5.80. The molecule has 0 radical (unpaired) electrons. The minimum Gasteiger partial charge on any atom is -0.346 e. The van der Waals surface area contributed by atoms with Gasteiger partial charge in [0.2, 0.25) is 0 Å². The van der Waals surface area contributed by atoms with Gasteiger partial charge in [-0.2, -0.15) is 0 Å². The topological polar surface area (TPSA) is 67.0 Å². The average molecular weight is 452 g/mol. The van der Waals surface area contributed by atoms with Crippen molar-refractivity contribution in [1.29, 1.82) is 0 Å². The molecule has 1 saturated carbocycles. The Morgan fingerprint density at radius 3 is 2.84 bits per heavy atom. The molecule has 1 aliphatic carbocycles. The van der Waals surface area contributed by atoms with Gasteiger partial charge in [0.25, 0.3) is 0 Å². The lowest BCUT2D eigenvalue weighted by molar-refractivity contribution is -0.160. The molecule has 1 aliphatic heterocycles. The monoisotopic (exact) mass is 451 g/mol. The van der Waals surface area contributed by atoms with Gasteiger partial charge in [-0.25, -0.2) is 9.97 Å². The van der Waals surface area contributed by atoms with Gasteiger partial charge in [0.1, 0.15) is 23.2 Å². The predicted molar refractivity (Wildman–Crippen MR) is 123 cm³/mol. The van der Waals surface area contributed by atoms with Crippen LogP contribution in [0.5, 0.6) is 0 Å². The van der Waals surface area contributed by atoms with Gasteiger partial charge in [0.05, 0.1) is 28.6 Å². The molecule has 2 aliphatic rings. The van der Waals surface area contributed by atoms with Crippen molar-refractivity contribution in [1.82, 2.24) is 24.1 Å². The van der Waals surface area contributed by atoms with Crippen LogP contribution in [0.4, 0.5) is 0 Å². The van der Waals surface area contributed by atoms with Gasteiger partial charge in [-0.3, -0.25) is 4.98 Å². The van der Waals surface area contributed by atoms with Crippen LogP contribution in [0, 0.1) is 5.92 Å². The molecule has 7 nitrogen and oxygen atoms in total. The van der Waals surface area contributed by atoms with Gasteiger partial charge in [-0.05, 0) is 63.3 Å². The minimum absolute atomic E-state index is 0.0199. The molecular weight excluding hydrogens is 426 g/mol. The molecule has 4 atom stereocenters. The van der Waals surface area contributed by atoms with Crippen LogP contribution in [-0.2, 0) is 22.9 Å². The smallest absolute Gasteiger partial charge is 0.163 e. The highest BCUT2D eigenvalue weighted by atomic mass is 35.5. The molecule has 166 valence electrons. The number of fused-ring (bicyclic) bond motifs is 3. The minimum atomic E-state index is -0.592. The Balaban J connectivity index is 1.30. The second-order valence-electron chi connectivity index (χ2n) is 9.39. The van der Waals surface area contributed by atoms with E-state index in [1.165, 1.54) is 17.5 Å². The summed E-state index contributed by atoms with van der Waals surface area (Å²) in [5.74, 6) is -0.210. The summed E-state index contributed by atoms with van der Waals surface area (Å²) in [4.78, 5) is 13.1. The lowest BCUT2D eigenvalue weighted by Crippen LogP contribution is -2.27. The van der Waals surface area contributed by atoms with Crippen molar-refractivity contribution in [2.24, 2.45) is 13.0 Å². The zero-order valence-corrected chi connectivity index (χ0v) is 19.2. The molecule has 32 heavy (non-hydrogen) atoms. The van der Waals surface area contributed by atoms with Crippen molar-refractivity contribution < 1.29 is 9.47 Å². The number of hydrogen-bond donors (Lipinski definition) is 0. The second-order valence-corrected chi connectivity index (χ2v) is 9.75. The van der Waals surface area contributed by atoms with Gasteiger partial charge in [0.15, 0.2) is 5.79 Å². The number of aryl methyl sites for hydroxylation is 2. The first-order valence-electron chi connectivity index (χ1n) is 11.1. The van der Waals surface area contributed by atoms with Crippen molar-refractivity contribution in [3.63, 3.8) is 0 Å². The molecule has 4 aromatic heterocycles. The van der Waals surface area contributed by atoms with E-state index in [0.29, 0.717) is 11.1 Å². The van der Waals surface area contributed by atoms with E-state index in [2.05, 4.69) is 49.5 Å². The molecule has 0 bridgehead atoms. The van der Waals surface area contributed by atoms with E-state index in [4.69, 9.17) is 21.1 Å². The van der Waals surface area contributed by atoms with Crippen LogP contribution in [0.25, 0.3) is 22.1 Å². The Morgan fingerprint density at radius 2 is 2.00 bits per heavy atom. The average Bonchev–Trinajstić information content (AvgIpc) is 3.49. The van der Waals surface area contributed by atoms with Crippen LogP contribution in [0.2, 0.25) is 5.15 Å². The fourth-order valence-electron chi connectivity index (χ4n) is 5.61. The number of hydrogen-bond acceptors (Lipinski definition) is 5. The van der Waals surface area contributed by atoms with Crippen LogP contribution >= 0.6 is 11.6 Å². The van der Waals surface area contributed by atoms with Crippen LogP contribution < -0.4 is 0 Å². The van der Waals surface area contributed by atoms with E-state index in [-0.39, 0.29) is 18.2 Å². The number of ether oxygens (including phenoxy) is 2. The Morgan fingerprint density at radius 1 is 1.16 bits per heavy atom. The third-order valence-electron chi connectivity index (χ3n) is 7.05. The van der Waals surface area contributed by atoms with Crippen LogP contribution in [0.1, 0.15) is 38.4 Å². The predicted octanol–water partition coefficient (Wildman–Crippen LogP) is 4.69. The zero-order valence-electron chi connectivity index (χ0n) is 18.4. The maximum Gasteiger partial charge on any atom is 0.163 e. The summed E-state index contributed by atoms with van der Waals surface area (Å²) < 4.78 is 17.3. The van der Waals surface area contributed by atoms with Crippen molar-refractivity contribution in [3.8, 4) is 0 Å². The molecule has 8 heteroatoms. The summed E-state index contributed by atoms with van der Waals surface area (Å²) in [6.45, 7) is 4.00. The molecular formula is C24H26ClN5O2. The van der Waals surface area contributed by atoms with E-state index >= 15 is 0 Å². The molecule has 5 heterocycles. The standard InChI is InChI=1S/C24H26ClN5O2/c1-24(2)31-20-14(6-7-15-12-17-18(29(15)3)5-4-9-26-17)11-19(21(20)32-24)30-10-8-16-22(25)27-13-28-23(16)30/h4-5,8-10,12-14,19-21H,6-7,11H2,1-3H3/t14-,19+,20+,21-/m0/s1. The van der Waals surface area contributed by atoms with Gasteiger partial charge >= 0.3 is 0 Å². The maximum atomic E-state index is 6.41. The molecule has 2 fully saturated rings. The number of pyridine rings is 1. The first-order chi connectivity index (χ1) is 15.4. The summed E-state index contributed by atoms with van der Waals surface area (Å²) in [7, 11) is 2.12. The number of nitrogens with zero attached hydrogens (tertiary/aromatic N) is 5. The second kappa shape index (κ2) is 7.27. The first-order valence-corrected chi connectivity index (χ1v) is 11.5. The zero-order chi connectivity index (χ0) is 22.0. The summed E-state index contributed by atoms with van der Waals surface area (Å²) in [5.41, 5.74) is 4.36. The Hall–Kier alpha value is -2.48. The van der Waals surface area contributed by atoms with Gasteiger partial charge in [0, 0.05) is 25.1 Å². The molecule has 0 aromatic carbocycles. The summed E-state index contributed by atoms with van der Waals surface area (Å²) >= 11 is 6.30. The highest BCUT2D eigenvalue weighted by Gasteiger charge is 2.54. The molecule has 0 spiro atoms. The van der Waals surface area contributed by atoms with Gasteiger partial charge in [-0.15, -0.1) is 0 Å². The largest absolute Gasteiger partial charge is 0.346 e. The van der Waals surface area contributed by atoms with E-state index in [0.717, 1.165) is 35.8 Å². The van der Waals surface area contributed by atoms with Gasteiger partial charge in [-0.1, -0.05) is 11.6 Å². The van der Waals surface area contributed by atoms with E-state index in [1.54, 1.807) is 0 Å². The van der Waals surface area contributed by atoms with Crippen LogP contribution in [0.15, 0.2) is 43.0 Å². The van der Waals surface area contributed by atoms with Crippen LogP contribution in [0.3, 0.4) is 0 Å². The quantitative estimate of drug-likeness (QED) is 0.421. The van der Waals surface area contributed by atoms with Crippen molar-refractivity contribution >= 4 is 33.7 Å². The molecule has 0 amide bonds. The highest BCUT2D eigenvalue weighted by molar-refractivity contribution is 6.33. The third-order valence-corrected chi connectivity index (χ3v) is 7.35. The summed E-state index contributed by atoms with van der Waals surface area (Å²) in [6.07, 6.45) is 8.43. The molecule has 6 rings (SSSR count). The number of halogens is 1. The lowest BCUT2D eigenvalue weighted by Gasteiger charge is -2.24. The number of rotatable bonds is 4. The first kappa shape index (κ1) is 20.1.